The first-order chi connectivity index (χ1) is 28.3. The van der Waals surface area contributed by atoms with Crippen LogP contribution in [0.15, 0.2) is 42.6 Å². The highest BCUT2D eigenvalue weighted by Crippen LogP contribution is 2.41. The molecule has 3 N–H and O–H groups in total. The van der Waals surface area contributed by atoms with E-state index in [0.29, 0.717) is 81.2 Å². The minimum atomic E-state index is -5.03. The number of nitrogens with zero attached hydrogens (tertiary/aromatic N) is 5. The third-order valence-electron chi connectivity index (χ3n) is 10.9. The van der Waals surface area contributed by atoms with E-state index in [1.807, 2.05) is 27.7 Å². The second kappa shape index (κ2) is 18.2. The van der Waals surface area contributed by atoms with E-state index in [4.69, 9.17) is 16.3 Å². The average Bonchev–Trinajstić information content (AvgIpc) is 3.84. The van der Waals surface area contributed by atoms with Crippen molar-refractivity contribution in [2.24, 2.45) is 5.92 Å². The minimum absolute atomic E-state index is 0.0217. The summed E-state index contributed by atoms with van der Waals surface area (Å²) in [6.45, 7) is 12.5. The summed E-state index contributed by atoms with van der Waals surface area (Å²) in [5, 5.41) is 5.12. The Labute approximate surface area is 351 Å². The number of aromatic nitrogens is 2. The summed E-state index contributed by atoms with van der Waals surface area (Å²) in [6, 6.07) is 8.51. The quantitative estimate of drug-likeness (QED) is 0.208. The summed E-state index contributed by atoms with van der Waals surface area (Å²) in [7, 11) is 1.22. The van der Waals surface area contributed by atoms with Crippen molar-refractivity contribution in [1.82, 2.24) is 34.9 Å². The molecule has 3 fully saturated rings. The second-order valence-electron chi connectivity index (χ2n) is 16.5. The number of aromatic amines is 1. The summed E-state index contributed by atoms with van der Waals surface area (Å²) < 4.78 is 55.8. The number of carbonyl (C=O) groups is 4. The van der Waals surface area contributed by atoms with E-state index in [9.17, 15) is 32.3 Å². The molecule has 0 saturated carbocycles. The van der Waals surface area contributed by atoms with Crippen LogP contribution in [0.5, 0.6) is 5.75 Å². The molecule has 6 rings (SSSR count). The molecule has 0 aliphatic carbocycles. The van der Waals surface area contributed by atoms with Gasteiger partial charge in [0.15, 0.2) is 0 Å². The lowest BCUT2D eigenvalue weighted by atomic mass is 10.00. The Morgan fingerprint density at radius 2 is 1.63 bits per heavy atom. The lowest BCUT2D eigenvalue weighted by molar-refractivity contribution is -0.274. The maximum Gasteiger partial charge on any atom is 0.573 e. The number of methoxy groups -OCH3 is 1. The molecule has 0 radical (unpaired) electrons. The van der Waals surface area contributed by atoms with Gasteiger partial charge in [-0.25, -0.2) is 19.4 Å². The lowest BCUT2D eigenvalue weighted by Crippen LogP contribution is -2.59. The van der Waals surface area contributed by atoms with Crippen molar-refractivity contribution in [2.45, 2.75) is 84.0 Å². The van der Waals surface area contributed by atoms with E-state index >= 15 is 0 Å². The number of rotatable bonds is 8. The zero-order valence-corrected chi connectivity index (χ0v) is 35.3. The van der Waals surface area contributed by atoms with E-state index in [1.165, 1.54) is 13.2 Å². The molecule has 2 aromatic carbocycles. The van der Waals surface area contributed by atoms with E-state index in [0.717, 1.165) is 6.07 Å². The Hall–Kier alpha value is -5.23. The molecule has 3 aliphatic rings. The normalized spacial score (nSPS) is 20.5. The maximum atomic E-state index is 13.7. The van der Waals surface area contributed by atoms with Gasteiger partial charge in [-0.1, -0.05) is 42.8 Å². The van der Waals surface area contributed by atoms with E-state index in [1.54, 1.807) is 45.2 Å². The third-order valence-corrected chi connectivity index (χ3v) is 11.2. The van der Waals surface area contributed by atoms with Crippen molar-refractivity contribution in [3.8, 4) is 28.1 Å². The van der Waals surface area contributed by atoms with Gasteiger partial charge in [0.05, 0.1) is 35.8 Å². The standard InChI is InChI=1S/C41H52ClF3N8O7/c1-24-17-33(53(22-24)35(54)21-47-38(56)58-6)36-46-20-32(48-36)27-9-7-26(8-10-27)29-18-30(42)31(19-34(29)59-41(43,44)45)49-37(55)50-13-11-28(12-14-50)52-16-15-51(23-25(52)2)39(57)60-40(3,4)5/h7-10,18-20,24-25,28,33H,11-17,21-23H2,1-6H3,(H,46,48)(H,47,56)(H,49,55)/t24-,25?,33?/m0/s1. The van der Waals surface area contributed by atoms with Gasteiger partial charge in [0.25, 0.3) is 0 Å². The number of benzene rings is 2. The molecule has 2 unspecified atom stereocenters. The highest BCUT2D eigenvalue weighted by Gasteiger charge is 2.38. The van der Waals surface area contributed by atoms with Crippen LogP contribution in [0.1, 0.15) is 65.7 Å². The minimum Gasteiger partial charge on any atom is -0.453 e. The number of halogens is 4. The smallest absolute Gasteiger partial charge is 0.453 e. The number of imidazole rings is 1. The molecule has 0 bridgehead atoms. The zero-order chi connectivity index (χ0) is 43.5. The molecule has 4 heterocycles. The van der Waals surface area contributed by atoms with Crippen LogP contribution in [0.3, 0.4) is 0 Å². The van der Waals surface area contributed by atoms with E-state index < -0.39 is 29.8 Å². The molecular weight excluding hydrogens is 809 g/mol. The Kier molecular flexibility index (Phi) is 13.4. The number of alkyl halides is 3. The van der Waals surface area contributed by atoms with Crippen LogP contribution in [0.4, 0.5) is 33.2 Å². The number of likely N-dealkylation sites (tertiary alicyclic amines) is 2. The first-order valence-corrected chi connectivity index (χ1v) is 20.3. The van der Waals surface area contributed by atoms with Gasteiger partial charge in [0.1, 0.15) is 23.7 Å². The largest absolute Gasteiger partial charge is 0.573 e. The molecule has 326 valence electrons. The zero-order valence-electron chi connectivity index (χ0n) is 34.5. The van der Waals surface area contributed by atoms with Gasteiger partial charge < -0.3 is 44.5 Å². The fourth-order valence-corrected chi connectivity index (χ4v) is 8.28. The van der Waals surface area contributed by atoms with Gasteiger partial charge in [0.2, 0.25) is 5.91 Å². The number of piperazine rings is 1. The highest BCUT2D eigenvalue weighted by molar-refractivity contribution is 6.34. The van der Waals surface area contributed by atoms with Crippen LogP contribution in [0.25, 0.3) is 22.4 Å². The molecular formula is C41H52ClF3N8O7. The second-order valence-corrected chi connectivity index (χ2v) is 17.0. The van der Waals surface area contributed by atoms with Crippen molar-refractivity contribution in [1.29, 1.82) is 0 Å². The number of alkyl carbamates (subject to hydrolysis) is 1. The summed E-state index contributed by atoms with van der Waals surface area (Å²) in [5.74, 6) is -0.0700. The molecule has 0 spiro atoms. The lowest BCUT2D eigenvalue weighted by Gasteiger charge is -2.46. The van der Waals surface area contributed by atoms with Crippen molar-refractivity contribution in [3.05, 3.63) is 53.4 Å². The number of urea groups is 1. The van der Waals surface area contributed by atoms with Crippen molar-refractivity contribution < 1.29 is 46.6 Å². The van der Waals surface area contributed by atoms with Gasteiger partial charge in [-0.3, -0.25) is 9.69 Å². The van der Waals surface area contributed by atoms with Crippen LogP contribution >= 0.6 is 11.6 Å². The molecule has 60 heavy (non-hydrogen) atoms. The highest BCUT2D eigenvalue weighted by atomic mass is 35.5. The molecule has 1 aromatic heterocycles. The topological polar surface area (TPSA) is 162 Å². The van der Waals surface area contributed by atoms with Gasteiger partial charge in [-0.05, 0) is 70.1 Å². The van der Waals surface area contributed by atoms with Gasteiger partial charge in [0, 0.05) is 63.0 Å². The first-order valence-electron chi connectivity index (χ1n) is 19.9. The number of carbonyl (C=O) groups excluding carboxylic acids is 4. The van der Waals surface area contributed by atoms with E-state index in [2.05, 4.69) is 41.9 Å². The van der Waals surface area contributed by atoms with Crippen LogP contribution in [-0.2, 0) is 14.3 Å². The number of amides is 5. The number of hydrogen-bond donors (Lipinski definition) is 3. The van der Waals surface area contributed by atoms with Crippen LogP contribution in [0, 0.1) is 5.92 Å². The SMILES string of the molecule is COC(=O)NCC(=O)N1C[C@@H](C)CC1c1ncc(-c2ccc(-c3cc(Cl)c(NC(=O)N4CCC(N5CCN(C(=O)OC(C)(C)C)CC5C)CC4)cc3OC(F)(F)F)cc2)[nH]1. The Morgan fingerprint density at radius 3 is 2.27 bits per heavy atom. The van der Waals surface area contributed by atoms with E-state index in [-0.39, 0.29) is 58.9 Å². The summed E-state index contributed by atoms with van der Waals surface area (Å²) in [5.41, 5.74) is 1.13. The van der Waals surface area contributed by atoms with Crippen LogP contribution < -0.4 is 15.4 Å². The van der Waals surface area contributed by atoms with Gasteiger partial charge in [-0.2, -0.15) is 0 Å². The number of ether oxygens (including phenoxy) is 3. The van der Waals surface area contributed by atoms with Crippen molar-refractivity contribution in [2.75, 3.05) is 58.2 Å². The molecule has 3 atom stereocenters. The molecule has 15 nitrogen and oxygen atoms in total. The van der Waals surface area contributed by atoms with Gasteiger partial charge in [-0.15, -0.1) is 13.2 Å². The Balaban J connectivity index is 1.10. The molecule has 19 heteroatoms. The fraction of sp³-hybridized carbons (Fsp3) is 0.537. The maximum absolute atomic E-state index is 13.7. The average molecular weight is 861 g/mol. The van der Waals surface area contributed by atoms with Gasteiger partial charge >= 0.3 is 24.6 Å². The monoisotopic (exact) mass is 860 g/mol. The summed E-state index contributed by atoms with van der Waals surface area (Å²) >= 11 is 6.61. The first kappa shape index (κ1) is 44.3. The number of anilines is 1. The van der Waals surface area contributed by atoms with Crippen molar-refractivity contribution in [3.63, 3.8) is 0 Å². The number of nitrogens with one attached hydrogen (secondary N) is 3. The number of H-pyrrole nitrogens is 1. The number of hydrogen-bond acceptors (Lipinski definition) is 9. The number of piperidine rings is 1. The van der Waals surface area contributed by atoms with Crippen LogP contribution in [-0.4, -0.2) is 131 Å². The van der Waals surface area contributed by atoms with Crippen molar-refractivity contribution >= 4 is 41.4 Å². The molecule has 3 saturated heterocycles. The van der Waals surface area contributed by atoms with Crippen LogP contribution in [0.2, 0.25) is 5.02 Å². The molecule has 5 amide bonds. The predicted molar refractivity (Wildman–Crippen MR) is 217 cm³/mol. The predicted octanol–water partition coefficient (Wildman–Crippen LogP) is 7.50. The molecule has 3 aromatic rings. The third kappa shape index (κ3) is 10.9. The summed E-state index contributed by atoms with van der Waals surface area (Å²) in [4.78, 5) is 65.6. The molecule has 3 aliphatic heterocycles. The Morgan fingerprint density at radius 1 is 0.950 bits per heavy atom. The fourth-order valence-electron chi connectivity index (χ4n) is 8.07. The Bertz CT molecular complexity index is 2030. The summed E-state index contributed by atoms with van der Waals surface area (Å²) in [6.07, 6.45) is -2.43.